The Bertz CT molecular complexity index is 1910. The molecular formula is C33H26ClF2N3O4. The third-order valence-corrected chi connectivity index (χ3v) is 8.18. The first-order valence-corrected chi connectivity index (χ1v) is 14.3. The number of ketones is 1. The first kappa shape index (κ1) is 27.5. The first-order chi connectivity index (χ1) is 20.7. The Labute approximate surface area is 251 Å². The van der Waals surface area contributed by atoms with E-state index in [0.717, 1.165) is 11.9 Å². The summed E-state index contributed by atoms with van der Waals surface area (Å²) in [5.74, 6) is -1.31. The molecule has 7 nitrogen and oxygen atoms in total. The summed E-state index contributed by atoms with van der Waals surface area (Å²) < 4.78 is 51.4. The number of Topliss-reactive ketones (excluding diaryl/α,β-unsaturated/α-hetero) is 1. The summed E-state index contributed by atoms with van der Waals surface area (Å²) in [6, 6.07) is 16.1. The number of carbonyl (C=O) groups is 1. The maximum absolute atomic E-state index is 15.8. The van der Waals surface area contributed by atoms with E-state index in [0.29, 0.717) is 52.1 Å². The van der Waals surface area contributed by atoms with Crippen LogP contribution >= 0.6 is 11.6 Å². The van der Waals surface area contributed by atoms with Crippen molar-refractivity contribution in [2.75, 3.05) is 6.61 Å². The highest BCUT2D eigenvalue weighted by Gasteiger charge is 2.41. The Kier molecular flexibility index (Phi) is 6.67. The molecule has 2 aliphatic heterocycles. The van der Waals surface area contributed by atoms with Gasteiger partial charge in [0.15, 0.2) is 17.3 Å². The maximum atomic E-state index is 15.8. The number of rotatable bonds is 7. The third-order valence-electron chi connectivity index (χ3n) is 7.96. The minimum Gasteiger partial charge on any atom is -0.443 e. The molecule has 2 aromatic heterocycles. The third kappa shape index (κ3) is 4.92. The predicted molar refractivity (Wildman–Crippen MR) is 157 cm³/mol. The molecule has 218 valence electrons. The monoisotopic (exact) mass is 601 g/mol. The zero-order valence-corrected chi connectivity index (χ0v) is 24.1. The highest BCUT2D eigenvalue weighted by Crippen LogP contribution is 2.49. The fourth-order valence-electron chi connectivity index (χ4n) is 5.55. The van der Waals surface area contributed by atoms with Crippen LogP contribution < -0.4 is 9.47 Å². The van der Waals surface area contributed by atoms with E-state index in [1.165, 1.54) is 25.3 Å². The van der Waals surface area contributed by atoms with Crippen LogP contribution in [0.25, 0.3) is 22.2 Å². The van der Waals surface area contributed by atoms with E-state index in [1.54, 1.807) is 55.5 Å². The number of carbonyl (C=O) groups excluding carboxylic acids is 1. The lowest BCUT2D eigenvalue weighted by Gasteiger charge is -2.27. The van der Waals surface area contributed by atoms with Crippen LogP contribution in [0.15, 0.2) is 66.9 Å². The SMILES string of the molecule is CC(=O)c1ccc2nc(Cc3cc(F)c(-c4cccc5c4OC(C)(c4ccc(Cl)cn4)O5)cc3F)n(C[C@@H]3CCO3)c2c1. The number of fused-ring (bicyclic) bond motifs is 2. The van der Waals surface area contributed by atoms with E-state index >= 15 is 8.78 Å². The molecule has 2 aliphatic rings. The molecule has 0 amide bonds. The number of hydrogen-bond acceptors (Lipinski definition) is 6. The van der Waals surface area contributed by atoms with Crippen LogP contribution in [-0.4, -0.2) is 33.0 Å². The van der Waals surface area contributed by atoms with Crippen molar-refractivity contribution in [1.29, 1.82) is 0 Å². The number of hydrogen-bond donors (Lipinski definition) is 0. The van der Waals surface area contributed by atoms with Crippen molar-refractivity contribution in [1.82, 2.24) is 14.5 Å². The molecule has 3 aromatic carbocycles. The van der Waals surface area contributed by atoms with Crippen LogP contribution in [0.2, 0.25) is 5.02 Å². The Morgan fingerprint density at radius 2 is 1.91 bits per heavy atom. The van der Waals surface area contributed by atoms with Crippen molar-refractivity contribution in [2.24, 2.45) is 0 Å². The van der Waals surface area contributed by atoms with Gasteiger partial charge in [0, 0.05) is 42.8 Å². The zero-order chi connectivity index (χ0) is 29.9. The molecule has 10 heteroatoms. The first-order valence-electron chi connectivity index (χ1n) is 13.9. The lowest BCUT2D eigenvalue weighted by molar-refractivity contribution is -0.0715. The van der Waals surface area contributed by atoms with Gasteiger partial charge in [-0.05, 0) is 67.4 Å². The van der Waals surface area contributed by atoms with E-state index in [1.807, 2.05) is 4.57 Å². The van der Waals surface area contributed by atoms with Gasteiger partial charge in [-0.3, -0.25) is 9.78 Å². The molecule has 0 N–H and O–H groups in total. The number of aromatic nitrogens is 3. The van der Waals surface area contributed by atoms with Crippen molar-refractivity contribution in [3.8, 4) is 22.6 Å². The average Bonchev–Trinajstić information content (AvgIpc) is 3.49. The number of nitrogens with zero attached hydrogens (tertiary/aromatic N) is 3. The van der Waals surface area contributed by atoms with Gasteiger partial charge in [-0.15, -0.1) is 0 Å². The summed E-state index contributed by atoms with van der Waals surface area (Å²) in [5, 5.41) is 0.467. The quantitative estimate of drug-likeness (QED) is 0.183. The highest BCUT2D eigenvalue weighted by atomic mass is 35.5. The lowest BCUT2D eigenvalue weighted by Crippen LogP contribution is -2.32. The van der Waals surface area contributed by atoms with Crippen LogP contribution in [0.4, 0.5) is 8.78 Å². The average molecular weight is 602 g/mol. The van der Waals surface area contributed by atoms with Crippen LogP contribution in [0.5, 0.6) is 11.5 Å². The van der Waals surface area contributed by atoms with Crippen molar-refractivity contribution in [2.45, 2.75) is 45.1 Å². The molecule has 1 saturated heterocycles. The molecule has 7 rings (SSSR count). The molecule has 1 unspecified atom stereocenters. The summed E-state index contributed by atoms with van der Waals surface area (Å²) in [6.07, 6.45) is 2.43. The number of para-hydroxylation sites is 1. The van der Waals surface area contributed by atoms with Crippen molar-refractivity contribution in [3.05, 3.63) is 106 Å². The number of halogens is 3. The summed E-state index contributed by atoms with van der Waals surface area (Å²) in [6.45, 7) is 4.39. The van der Waals surface area contributed by atoms with Gasteiger partial charge in [-0.1, -0.05) is 23.7 Å². The molecular weight excluding hydrogens is 576 g/mol. The molecule has 0 spiro atoms. The van der Waals surface area contributed by atoms with Gasteiger partial charge < -0.3 is 18.8 Å². The van der Waals surface area contributed by atoms with Crippen molar-refractivity contribution in [3.63, 3.8) is 0 Å². The molecule has 0 aliphatic carbocycles. The smallest absolute Gasteiger partial charge is 0.292 e. The van der Waals surface area contributed by atoms with Crippen molar-refractivity contribution >= 4 is 28.4 Å². The van der Waals surface area contributed by atoms with Gasteiger partial charge in [0.05, 0.1) is 28.7 Å². The maximum Gasteiger partial charge on any atom is 0.292 e. The number of ether oxygens (including phenoxy) is 3. The van der Waals surface area contributed by atoms with Gasteiger partial charge in [0.1, 0.15) is 23.2 Å². The van der Waals surface area contributed by atoms with Gasteiger partial charge >= 0.3 is 0 Å². The van der Waals surface area contributed by atoms with E-state index in [9.17, 15) is 4.79 Å². The molecule has 2 atom stereocenters. The number of pyridine rings is 1. The van der Waals surface area contributed by atoms with Crippen LogP contribution in [0.3, 0.4) is 0 Å². The minimum absolute atomic E-state index is 0.00255. The van der Waals surface area contributed by atoms with E-state index in [4.69, 9.17) is 30.8 Å². The molecule has 5 aromatic rings. The fourth-order valence-corrected chi connectivity index (χ4v) is 5.66. The molecule has 0 radical (unpaired) electrons. The Morgan fingerprint density at radius 1 is 1.07 bits per heavy atom. The minimum atomic E-state index is -1.27. The van der Waals surface area contributed by atoms with Crippen LogP contribution in [-0.2, 0) is 23.5 Å². The predicted octanol–water partition coefficient (Wildman–Crippen LogP) is 7.26. The Morgan fingerprint density at radius 3 is 2.63 bits per heavy atom. The summed E-state index contributed by atoms with van der Waals surface area (Å²) in [4.78, 5) is 21.1. The van der Waals surface area contributed by atoms with Crippen LogP contribution in [0, 0.1) is 11.6 Å². The van der Waals surface area contributed by atoms with Gasteiger partial charge in [0.25, 0.3) is 5.79 Å². The fraction of sp³-hybridized carbons (Fsp3) is 0.242. The molecule has 4 heterocycles. The Hall–Kier alpha value is -4.34. The zero-order valence-electron chi connectivity index (χ0n) is 23.4. The van der Waals surface area contributed by atoms with Crippen molar-refractivity contribution < 1.29 is 27.8 Å². The number of imidazole rings is 1. The summed E-state index contributed by atoms with van der Waals surface area (Å²) in [5.41, 5.74) is 3.01. The highest BCUT2D eigenvalue weighted by molar-refractivity contribution is 6.30. The van der Waals surface area contributed by atoms with Gasteiger partial charge in [0.2, 0.25) is 0 Å². The summed E-state index contributed by atoms with van der Waals surface area (Å²) in [7, 11) is 0. The second kappa shape index (κ2) is 10.4. The molecule has 0 bridgehead atoms. The molecule has 0 saturated carbocycles. The topological polar surface area (TPSA) is 75.5 Å². The summed E-state index contributed by atoms with van der Waals surface area (Å²) >= 11 is 5.99. The largest absolute Gasteiger partial charge is 0.443 e. The lowest BCUT2D eigenvalue weighted by atomic mass is 10.00. The van der Waals surface area contributed by atoms with Gasteiger partial charge in [-0.2, -0.15) is 0 Å². The van der Waals surface area contributed by atoms with E-state index < -0.39 is 17.4 Å². The second-order valence-corrected chi connectivity index (χ2v) is 11.4. The van der Waals surface area contributed by atoms with E-state index in [2.05, 4.69) is 4.98 Å². The molecule has 43 heavy (non-hydrogen) atoms. The number of benzene rings is 3. The van der Waals surface area contributed by atoms with Gasteiger partial charge in [-0.25, -0.2) is 13.8 Å². The van der Waals surface area contributed by atoms with Crippen LogP contribution in [0.1, 0.15) is 47.7 Å². The Balaban J connectivity index is 1.23. The normalized spacial score (nSPS) is 19.0. The van der Waals surface area contributed by atoms with E-state index in [-0.39, 0.29) is 35.2 Å². The standard InChI is InChI=1S/C33H26ClF2N3O4/c1-18(40)19-6-8-27-28(13-19)39(17-22-10-11-41-22)31(38-27)14-20-12-26(36)24(15-25(20)35)23-4-3-5-29-32(23)43-33(2,42-29)30-9-7-21(34)16-37-30/h3-9,12-13,15-16,22H,10-11,14,17H2,1-2H3/t22-,33?/m0/s1. The molecule has 1 fully saturated rings. The second-order valence-electron chi connectivity index (χ2n) is 10.9.